The van der Waals surface area contributed by atoms with Gasteiger partial charge in [0.2, 0.25) is 6.79 Å². The van der Waals surface area contributed by atoms with E-state index in [2.05, 4.69) is 0 Å². The molecule has 2 heterocycles. The molecular formula is C15H11FN2O2. The first-order valence-corrected chi connectivity index (χ1v) is 6.27. The zero-order chi connectivity index (χ0) is 13.7. The molecule has 2 aromatic carbocycles. The van der Waals surface area contributed by atoms with Crippen LogP contribution in [0.4, 0.5) is 10.1 Å². The van der Waals surface area contributed by atoms with Crippen LogP contribution in [0.5, 0.6) is 11.5 Å². The van der Waals surface area contributed by atoms with E-state index < -0.39 is 0 Å². The first-order valence-electron chi connectivity index (χ1n) is 6.27. The van der Waals surface area contributed by atoms with E-state index in [9.17, 15) is 4.39 Å². The minimum Gasteiger partial charge on any atom is -0.454 e. The zero-order valence-corrected chi connectivity index (χ0v) is 10.5. The van der Waals surface area contributed by atoms with Crippen LogP contribution in [0.1, 0.15) is 11.1 Å². The van der Waals surface area contributed by atoms with E-state index in [-0.39, 0.29) is 12.6 Å². The maximum atomic E-state index is 13.3. The van der Waals surface area contributed by atoms with E-state index in [0.717, 1.165) is 11.3 Å². The molecule has 0 fully saturated rings. The van der Waals surface area contributed by atoms with Gasteiger partial charge in [-0.25, -0.2) is 4.39 Å². The molecule has 2 aliphatic heterocycles. The number of nitrogens with zero attached hydrogens (tertiary/aromatic N) is 1. The second-order valence-corrected chi connectivity index (χ2v) is 4.77. The molecule has 4 nitrogen and oxygen atoms in total. The maximum Gasteiger partial charge on any atom is 0.231 e. The van der Waals surface area contributed by atoms with Crippen molar-refractivity contribution in [3.63, 3.8) is 0 Å². The number of halogens is 1. The first-order chi connectivity index (χ1) is 9.72. The van der Waals surface area contributed by atoms with Crippen molar-refractivity contribution in [1.29, 1.82) is 5.41 Å². The molecule has 20 heavy (non-hydrogen) atoms. The minimum absolute atomic E-state index is 0.224. The number of nitrogens with one attached hydrogen (secondary N) is 1. The Bertz CT molecular complexity index is 730. The first kappa shape index (κ1) is 11.3. The zero-order valence-electron chi connectivity index (χ0n) is 10.5. The summed E-state index contributed by atoms with van der Waals surface area (Å²) in [4.78, 5) is 1.83. The molecule has 1 N–H and O–H groups in total. The van der Waals surface area contributed by atoms with Crippen molar-refractivity contribution < 1.29 is 13.9 Å². The number of hydrogen-bond acceptors (Lipinski definition) is 3. The number of amidine groups is 1. The van der Waals surface area contributed by atoms with E-state index in [1.807, 2.05) is 23.1 Å². The predicted molar refractivity (Wildman–Crippen MR) is 72.0 cm³/mol. The Hall–Kier alpha value is -2.56. The molecule has 0 unspecified atom stereocenters. The summed E-state index contributed by atoms with van der Waals surface area (Å²) in [5.41, 5.74) is 2.44. The van der Waals surface area contributed by atoms with Gasteiger partial charge in [-0.15, -0.1) is 0 Å². The topological polar surface area (TPSA) is 45.6 Å². The minimum atomic E-state index is -0.318. The van der Waals surface area contributed by atoms with Crippen molar-refractivity contribution >= 4 is 11.5 Å². The van der Waals surface area contributed by atoms with Crippen LogP contribution in [-0.2, 0) is 6.54 Å². The van der Waals surface area contributed by atoms with Crippen LogP contribution >= 0.6 is 0 Å². The Labute approximate surface area is 114 Å². The lowest BCUT2D eigenvalue weighted by atomic mass is 10.1. The van der Waals surface area contributed by atoms with Crippen LogP contribution in [0.3, 0.4) is 0 Å². The van der Waals surface area contributed by atoms with Crippen LogP contribution in [0.2, 0.25) is 0 Å². The Kier molecular flexibility index (Phi) is 2.24. The molecule has 0 radical (unpaired) electrons. The molecule has 0 amide bonds. The molecule has 0 aliphatic carbocycles. The van der Waals surface area contributed by atoms with Gasteiger partial charge in [-0.2, -0.15) is 0 Å². The van der Waals surface area contributed by atoms with Crippen molar-refractivity contribution in [1.82, 2.24) is 0 Å². The van der Waals surface area contributed by atoms with E-state index >= 15 is 0 Å². The molecule has 0 saturated carbocycles. The van der Waals surface area contributed by atoms with Crippen molar-refractivity contribution in [2.24, 2.45) is 0 Å². The molecule has 100 valence electrons. The van der Waals surface area contributed by atoms with Gasteiger partial charge < -0.3 is 14.4 Å². The summed E-state index contributed by atoms with van der Waals surface area (Å²) in [7, 11) is 0. The van der Waals surface area contributed by atoms with Crippen molar-refractivity contribution in [3.05, 3.63) is 53.3 Å². The van der Waals surface area contributed by atoms with Crippen molar-refractivity contribution in [3.8, 4) is 11.5 Å². The van der Waals surface area contributed by atoms with Crippen LogP contribution in [-0.4, -0.2) is 12.6 Å². The van der Waals surface area contributed by atoms with Gasteiger partial charge >= 0.3 is 0 Å². The summed E-state index contributed by atoms with van der Waals surface area (Å²) >= 11 is 0. The third-order valence-electron chi connectivity index (χ3n) is 3.59. The third kappa shape index (κ3) is 1.56. The largest absolute Gasteiger partial charge is 0.454 e. The molecule has 0 aromatic heterocycles. The van der Waals surface area contributed by atoms with Gasteiger partial charge in [0.15, 0.2) is 11.5 Å². The summed E-state index contributed by atoms with van der Waals surface area (Å²) in [6.45, 7) is 0.787. The fourth-order valence-electron chi connectivity index (χ4n) is 2.58. The van der Waals surface area contributed by atoms with Crippen LogP contribution in [0, 0.1) is 11.2 Å². The van der Waals surface area contributed by atoms with Crippen molar-refractivity contribution in [2.45, 2.75) is 6.54 Å². The number of hydrogen-bond donors (Lipinski definition) is 1. The lowest BCUT2D eigenvalue weighted by Gasteiger charge is -2.18. The lowest BCUT2D eigenvalue weighted by molar-refractivity contribution is 0.174. The van der Waals surface area contributed by atoms with E-state index in [1.165, 1.54) is 12.1 Å². The molecule has 0 spiro atoms. The standard InChI is InChI=1S/C15H11FN2O2/c16-10-2-1-9-7-18(15(17)12(9)5-10)11-3-4-13-14(6-11)20-8-19-13/h1-6,17H,7-8H2. The van der Waals surface area contributed by atoms with Gasteiger partial charge in [0.05, 0.1) is 6.54 Å². The number of rotatable bonds is 1. The molecule has 2 aromatic rings. The summed E-state index contributed by atoms with van der Waals surface area (Å²) in [6.07, 6.45) is 0. The summed E-state index contributed by atoms with van der Waals surface area (Å²) in [6, 6.07) is 10.1. The lowest BCUT2D eigenvalue weighted by Crippen LogP contribution is -2.22. The molecule has 2 aliphatic rings. The Morgan fingerprint density at radius 1 is 1.05 bits per heavy atom. The smallest absolute Gasteiger partial charge is 0.231 e. The molecule has 0 saturated heterocycles. The maximum absolute atomic E-state index is 13.3. The van der Waals surface area contributed by atoms with E-state index in [4.69, 9.17) is 14.9 Å². The SMILES string of the molecule is N=C1c2cc(F)ccc2CN1c1ccc2c(c1)OCO2. The highest BCUT2D eigenvalue weighted by atomic mass is 19.1. The normalized spacial score (nSPS) is 15.7. The van der Waals surface area contributed by atoms with Gasteiger partial charge in [-0.05, 0) is 29.8 Å². The highest BCUT2D eigenvalue weighted by Crippen LogP contribution is 2.37. The summed E-state index contributed by atoms with van der Waals surface area (Å²) in [5.74, 6) is 1.37. The number of ether oxygens (including phenoxy) is 2. The number of fused-ring (bicyclic) bond motifs is 2. The monoisotopic (exact) mass is 270 g/mol. The van der Waals surface area contributed by atoms with Gasteiger partial charge in [-0.1, -0.05) is 6.07 Å². The average molecular weight is 270 g/mol. The van der Waals surface area contributed by atoms with Gasteiger partial charge in [0.1, 0.15) is 11.7 Å². The van der Waals surface area contributed by atoms with Gasteiger partial charge in [0, 0.05) is 17.3 Å². The van der Waals surface area contributed by atoms with Gasteiger partial charge in [-0.3, -0.25) is 5.41 Å². The van der Waals surface area contributed by atoms with E-state index in [0.29, 0.717) is 29.4 Å². The summed E-state index contributed by atoms with van der Waals surface area (Å²) in [5, 5.41) is 8.21. The third-order valence-corrected chi connectivity index (χ3v) is 3.59. The molecule has 0 bridgehead atoms. The Morgan fingerprint density at radius 3 is 2.80 bits per heavy atom. The summed E-state index contributed by atoms with van der Waals surface area (Å²) < 4.78 is 23.9. The van der Waals surface area contributed by atoms with E-state index in [1.54, 1.807) is 6.07 Å². The second kappa shape index (κ2) is 3.96. The average Bonchev–Trinajstić information content (AvgIpc) is 3.03. The fourth-order valence-corrected chi connectivity index (χ4v) is 2.58. The fraction of sp³-hybridized carbons (Fsp3) is 0.133. The highest BCUT2D eigenvalue weighted by Gasteiger charge is 2.27. The van der Waals surface area contributed by atoms with Crippen LogP contribution < -0.4 is 14.4 Å². The number of benzene rings is 2. The molecular weight excluding hydrogens is 259 g/mol. The Morgan fingerprint density at radius 2 is 1.90 bits per heavy atom. The molecule has 4 rings (SSSR count). The highest BCUT2D eigenvalue weighted by molar-refractivity contribution is 6.11. The van der Waals surface area contributed by atoms with Crippen LogP contribution in [0.15, 0.2) is 36.4 Å². The predicted octanol–water partition coefficient (Wildman–Crippen LogP) is 2.90. The second-order valence-electron chi connectivity index (χ2n) is 4.77. The van der Waals surface area contributed by atoms with Gasteiger partial charge in [0.25, 0.3) is 0 Å². The number of anilines is 1. The van der Waals surface area contributed by atoms with Crippen LogP contribution in [0.25, 0.3) is 0 Å². The van der Waals surface area contributed by atoms with Crippen molar-refractivity contribution in [2.75, 3.05) is 11.7 Å². The quantitative estimate of drug-likeness (QED) is 0.866. The molecule has 5 heteroatoms. The Balaban J connectivity index is 1.73. The molecule has 0 atom stereocenters.